The van der Waals surface area contributed by atoms with Crippen molar-refractivity contribution in [2.75, 3.05) is 5.32 Å². The van der Waals surface area contributed by atoms with E-state index in [0.717, 1.165) is 11.3 Å². The van der Waals surface area contributed by atoms with Crippen molar-refractivity contribution in [2.45, 2.75) is 33.2 Å². The number of hydrogen-bond donors (Lipinski definition) is 3. The van der Waals surface area contributed by atoms with Gasteiger partial charge in [-0.05, 0) is 30.9 Å². The average Bonchev–Trinajstić information content (AvgIpc) is 2.48. The predicted molar refractivity (Wildman–Crippen MR) is 87.5 cm³/mol. The number of carboxylic acid groups (broad SMARTS) is 1. The SMILES string of the molecule is Cc1ccccc1N/C=C(/C#N)C(=O)NC(CC(C)C)C(=O)O. The van der Waals surface area contributed by atoms with E-state index in [4.69, 9.17) is 10.4 Å². The van der Waals surface area contributed by atoms with E-state index in [9.17, 15) is 9.59 Å². The Hall–Kier alpha value is -2.81. The Kier molecular flexibility index (Phi) is 6.81. The van der Waals surface area contributed by atoms with Crippen molar-refractivity contribution < 1.29 is 14.7 Å². The van der Waals surface area contributed by atoms with Gasteiger partial charge in [-0.15, -0.1) is 0 Å². The summed E-state index contributed by atoms with van der Waals surface area (Å²) < 4.78 is 0. The first kappa shape index (κ1) is 18.2. The Morgan fingerprint density at radius 2 is 2.00 bits per heavy atom. The Morgan fingerprint density at radius 1 is 1.35 bits per heavy atom. The van der Waals surface area contributed by atoms with Crippen molar-refractivity contribution >= 4 is 17.6 Å². The highest BCUT2D eigenvalue weighted by atomic mass is 16.4. The molecule has 0 spiro atoms. The van der Waals surface area contributed by atoms with Crippen LogP contribution < -0.4 is 10.6 Å². The van der Waals surface area contributed by atoms with Crippen LogP contribution in [0.5, 0.6) is 0 Å². The van der Waals surface area contributed by atoms with E-state index in [1.54, 1.807) is 6.07 Å². The summed E-state index contributed by atoms with van der Waals surface area (Å²) in [5.74, 6) is -1.71. The highest BCUT2D eigenvalue weighted by Gasteiger charge is 2.22. The van der Waals surface area contributed by atoms with Crippen LogP contribution in [0, 0.1) is 24.2 Å². The van der Waals surface area contributed by atoms with Gasteiger partial charge in [-0.1, -0.05) is 32.0 Å². The summed E-state index contributed by atoms with van der Waals surface area (Å²) >= 11 is 0. The van der Waals surface area contributed by atoms with Gasteiger partial charge in [-0.25, -0.2) is 4.79 Å². The third-order valence-electron chi connectivity index (χ3n) is 3.19. The summed E-state index contributed by atoms with van der Waals surface area (Å²) in [5, 5.41) is 23.5. The molecular formula is C17H21N3O3. The monoisotopic (exact) mass is 315 g/mol. The first-order valence-corrected chi connectivity index (χ1v) is 7.31. The number of nitriles is 1. The fourth-order valence-electron chi connectivity index (χ4n) is 1.96. The number of aryl methyl sites for hydroxylation is 1. The molecule has 122 valence electrons. The molecule has 0 aliphatic rings. The van der Waals surface area contributed by atoms with Crippen LogP contribution in [0.4, 0.5) is 5.69 Å². The molecule has 0 radical (unpaired) electrons. The summed E-state index contributed by atoms with van der Waals surface area (Å²) in [4.78, 5) is 23.2. The maximum Gasteiger partial charge on any atom is 0.326 e. The largest absolute Gasteiger partial charge is 0.480 e. The van der Waals surface area contributed by atoms with E-state index < -0.39 is 17.9 Å². The lowest BCUT2D eigenvalue weighted by atomic mass is 10.0. The number of carbonyl (C=O) groups excluding carboxylic acids is 1. The van der Waals surface area contributed by atoms with Crippen LogP contribution >= 0.6 is 0 Å². The van der Waals surface area contributed by atoms with Gasteiger partial charge >= 0.3 is 5.97 Å². The van der Waals surface area contributed by atoms with Gasteiger partial charge < -0.3 is 15.7 Å². The number of rotatable bonds is 7. The van der Waals surface area contributed by atoms with Gasteiger partial charge in [0.15, 0.2) is 0 Å². The summed E-state index contributed by atoms with van der Waals surface area (Å²) in [6.07, 6.45) is 1.58. The Morgan fingerprint density at radius 3 is 2.52 bits per heavy atom. The average molecular weight is 315 g/mol. The number of benzene rings is 1. The minimum atomic E-state index is -1.11. The van der Waals surface area contributed by atoms with Crippen molar-refractivity contribution in [3.8, 4) is 6.07 Å². The van der Waals surface area contributed by atoms with Crippen molar-refractivity contribution in [3.05, 3.63) is 41.6 Å². The summed E-state index contributed by atoms with van der Waals surface area (Å²) in [6.45, 7) is 5.62. The molecule has 0 saturated carbocycles. The highest BCUT2D eigenvalue weighted by molar-refractivity contribution is 5.99. The van der Waals surface area contributed by atoms with Crippen LogP contribution in [0.15, 0.2) is 36.0 Å². The summed E-state index contributed by atoms with van der Waals surface area (Å²) in [7, 11) is 0. The van der Waals surface area contributed by atoms with E-state index >= 15 is 0 Å². The van der Waals surface area contributed by atoms with Crippen LogP contribution in [-0.4, -0.2) is 23.0 Å². The van der Waals surface area contributed by atoms with Crippen molar-refractivity contribution in [3.63, 3.8) is 0 Å². The minimum absolute atomic E-state index is 0.107. The molecule has 6 nitrogen and oxygen atoms in total. The molecule has 0 bridgehead atoms. The van der Waals surface area contributed by atoms with Crippen LogP contribution in [0.1, 0.15) is 25.8 Å². The zero-order chi connectivity index (χ0) is 17.4. The number of nitrogens with one attached hydrogen (secondary N) is 2. The molecule has 1 amide bonds. The highest BCUT2D eigenvalue weighted by Crippen LogP contribution is 2.13. The molecule has 0 fully saturated rings. The fourth-order valence-corrected chi connectivity index (χ4v) is 1.96. The van der Waals surface area contributed by atoms with Crippen molar-refractivity contribution in [1.29, 1.82) is 5.26 Å². The molecule has 3 N–H and O–H groups in total. The summed E-state index contributed by atoms with van der Waals surface area (Å²) in [6, 6.07) is 8.19. The smallest absolute Gasteiger partial charge is 0.326 e. The third kappa shape index (κ3) is 5.83. The number of hydrogen-bond acceptors (Lipinski definition) is 4. The van der Waals surface area contributed by atoms with E-state index in [2.05, 4.69) is 10.6 Å². The number of nitrogens with zero attached hydrogens (tertiary/aromatic N) is 1. The molecule has 1 atom stereocenters. The molecule has 1 aromatic carbocycles. The van der Waals surface area contributed by atoms with Crippen molar-refractivity contribution in [1.82, 2.24) is 5.32 Å². The first-order valence-electron chi connectivity index (χ1n) is 7.31. The van der Waals surface area contributed by atoms with E-state index in [-0.39, 0.29) is 11.5 Å². The number of para-hydroxylation sites is 1. The van der Waals surface area contributed by atoms with E-state index in [1.807, 2.05) is 45.0 Å². The van der Waals surface area contributed by atoms with Crippen LogP contribution in [0.25, 0.3) is 0 Å². The van der Waals surface area contributed by atoms with Gasteiger partial charge in [0.1, 0.15) is 17.7 Å². The predicted octanol–water partition coefficient (Wildman–Crippen LogP) is 2.43. The Balaban J connectivity index is 2.82. The molecule has 0 aliphatic heterocycles. The fraction of sp³-hybridized carbons (Fsp3) is 0.353. The van der Waals surface area contributed by atoms with Gasteiger partial charge in [0.25, 0.3) is 5.91 Å². The zero-order valence-electron chi connectivity index (χ0n) is 13.5. The molecule has 1 rings (SSSR count). The number of anilines is 1. The Labute approximate surface area is 135 Å². The lowest BCUT2D eigenvalue weighted by Gasteiger charge is -2.16. The molecule has 6 heteroatoms. The molecule has 0 aliphatic carbocycles. The van der Waals surface area contributed by atoms with Crippen molar-refractivity contribution in [2.24, 2.45) is 5.92 Å². The molecule has 23 heavy (non-hydrogen) atoms. The number of carbonyl (C=O) groups is 2. The van der Waals surface area contributed by atoms with Crippen LogP contribution in [0.3, 0.4) is 0 Å². The molecule has 0 heterocycles. The van der Waals surface area contributed by atoms with E-state index in [0.29, 0.717) is 6.42 Å². The van der Waals surface area contributed by atoms with Gasteiger partial charge in [0.2, 0.25) is 0 Å². The molecular weight excluding hydrogens is 294 g/mol. The van der Waals surface area contributed by atoms with Gasteiger partial charge in [-0.2, -0.15) is 5.26 Å². The maximum atomic E-state index is 12.1. The lowest BCUT2D eigenvalue weighted by Crippen LogP contribution is -2.42. The quantitative estimate of drug-likeness (QED) is 0.530. The van der Waals surface area contributed by atoms with Gasteiger partial charge in [-0.3, -0.25) is 4.79 Å². The van der Waals surface area contributed by atoms with Gasteiger partial charge in [0, 0.05) is 11.9 Å². The Bertz CT molecular complexity index is 645. The first-order chi connectivity index (χ1) is 10.8. The normalized spacial score (nSPS) is 12.4. The second-order valence-corrected chi connectivity index (χ2v) is 5.62. The minimum Gasteiger partial charge on any atom is -0.480 e. The number of carboxylic acids is 1. The van der Waals surface area contributed by atoms with Crippen LogP contribution in [-0.2, 0) is 9.59 Å². The number of amides is 1. The second kappa shape index (κ2) is 8.59. The van der Waals surface area contributed by atoms with Gasteiger partial charge in [0.05, 0.1) is 0 Å². The van der Waals surface area contributed by atoms with Crippen LogP contribution in [0.2, 0.25) is 0 Å². The standard InChI is InChI=1S/C17H21N3O3/c1-11(2)8-15(17(22)23)20-16(21)13(9-18)10-19-14-7-5-4-6-12(14)3/h4-7,10-11,15,19H,8H2,1-3H3,(H,20,21)(H,22,23)/b13-10-. The molecule has 1 unspecified atom stereocenters. The molecule has 1 aromatic rings. The molecule has 0 saturated heterocycles. The number of aliphatic carboxylic acids is 1. The molecule has 0 aromatic heterocycles. The maximum absolute atomic E-state index is 12.1. The lowest BCUT2D eigenvalue weighted by molar-refractivity contribution is -0.141. The zero-order valence-corrected chi connectivity index (χ0v) is 13.5. The third-order valence-corrected chi connectivity index (χ3v) is 3.19. The topological polar surface area (TPSA) is 102 Å². The second-order valence-electron chi connectivity index (χ2n) is 5.62. The van der Waals surface area contributed by atoms with E-state index in [1.165, 1.54) is 6.20 Å². The summed E-state index contributed by atoms with van der Waals surface area (Å²) in [5.41, 5.74) is 1.55.